The van der Waals surface area contributed by atoms with Crippen LogP contribution in [-0.4, -0.2) is 67.7 Å². The van der Waals surface area contributed by atoms with Crippen LogP contribution >= 0.6 is 11.6 Å². The Balaban J connectivity index is 1.27. The third-order valence-corrected chi connectivity index (χ3v) is 8.31. The molecule has 2 aromatic rings. The highest BCUT2D eigenvalue weighted by molar-refractivity contribution is 7.89. The van der Waals surface area contributed by atoms with E-state index in [4.69, 9.17) is 11.6 Å². The standard InChI is InChI=1S/C23H28ClN3O3S/c24-21-6-4-5-19(17-21)18-25-11-9-20(10-12-25)23(28)26-13-15-27(16-14-26)31(29,30)22-7-2-1-3-8-22/h1-8,17,20H,9-16,18H2. The molecule has 2 fully saturated rings. The van der Waals surface area contributed by atoms with Gasteiger partial charge in [0.15, 0.2) is 0 Å². The van der Waals surface area contributed by atoms with Gasteiger partial charge in [-0.1, -0.05) is 41.9 Å². The molecule has 1 amide bonds. The van der Waals surface area contributed by atoms with E-state index in [9.17, 15) is 13.2 Å². The SMILES string of the molecule is O=C(C1CCN(Cc2cccc(Cl)c2)CC1)N1CCN(S(=O)(=O)c2ccccc2)CC1. The molecule has 2 saturated heterocycles. The smallest absolute Gasteiger partial charge is 0.243 e. The number of halogens is 1. The summed E-state index contributed by atoms with van der Waals surface area (Å²) < 4.78 is 27.0. The number of hydrogen-bond acceptors (Lipinski definition) is 4. The molecule has 2 aliphatic heterocycles. The van der Waals surface area contributed by atoms with E-state index in [2.05, 4.69) is 11.0 Å². The second-order valence-electron chi connectivity index (χ2n) is 8.22. The van der Waals surface area contributed by atoms with Gasteiger partial charge in [0.1, 0.15) is 0 Å². The Kier molecular flexibility index (Phi) is 6.96. The number of sulfonamides is 1. The van der Waals surface area contributed by atoms with Crippen LogP contribution < -0.4 is 0 Å². The van der Waals surface area contributed by atoms with Crippen molar-refractivity contribution in [2.24, 2.45) is 5.92 Å². The molecule has 166 valence electrons. The molecule has 0 atom stereocenters. The summed E-state index contributed by atoms with van der Waals surface area (Å²) in [6.45, 7) is 4.20. The number of likely N-dealkylation sites (tertiary alicyclic amines) is 1. The Labute approximate surface area is 189 Å². The highest BCUT2D eigenvalue weighted by Crippen LogP contribution is 2.24. The zero-order valence-corrected chi connectivity index (χ0v) is 19.1. The largest absolute Gasteiger partial charge is 0.340 e. The van der Waals surface area contributed by atoms with Gasteiger partial charge in [0.05, 0.1) is 4.90 Å². The topological polar surface area (TPSA) is 60.9 Å². The molecule has 2 aliphatic rings. The van der Waals surface area contributed by atoms with Crippen LogP contribution in [0.3, 0.4) is 0 Å². The van der Waals surface area contributed by atoms with Gasteiger partial charge in [-0.2, -0.15) is 4.31 Å². The zero-order valence-electron chi connectivity index (χ0n) is 17.5. The molecule has 8 heteroatoms. The minimum atomic E-state index is -3.50. The summed E-state index contributed by atoms with van der Waals surface area (Å²) in [5.74, 6) is 0.187. The van der Waals surface area contributed by atoms with Gasteiger partial charge < -0.3 is 4.90 Å². The minimum Gasteiger partial charge on any atom is -0.340 e. The number of piperidine rings is 1. The number of benzene rings is 2. The molecule has 0 aliphatic carbocycles. The quantitative estimate of drug-likeness (QED) is 0.686. The van der Waals surface area contributed by atoms with Crippen LogP contribution in [0, 0.1) is 5.92 Å². The van der Waals surface area contributed by atoms with E-state index in [1.54, 1.807) is 30.3 Å². The molecular weight excluding hydrogens is 434 g/mol. The molecule has 2 aromatic carbocycles. The summed E-state index contributed by atoms with van der Waals surface area (Å²) in [6, 6.07) is 16.4. The van der Waals surface area contributed by atoms with Crippen molar-refractivity contribution < 1.29 is 13.2 Å². The monoisotopic (exact) mass is 461 g/mol. The lowest BCUT2D eigenvalue weighted by molar-refractivity contribution is -0.138. The number of rotatable bonds is 5. The predicted octanol–water partition coefficient (Wildman–Crippen LogP) is 3.09. The van der Waals surface area contributed by atoms with Crippen molar-refractivity contribution in [2.75, 3.05) is 39.3 Å². The molecule has 0 spiro atoms. The fourth-order valence-electron chi connectivity index (χ4n) is 4.38. The lowest BCUT2D eigenvalue weighted by atomic mass is 9.94. The molecule has 0 unspecified atom stereocenters. The molecule has 0 N–H and O–H groups in total. The first-order valence-corrected chi connectivity index (χ1v) is 12.6. The third-order valence-electron chi connectivity index (χ3n) is 6.16. The second-order valence-corrected chi connectivity index (χ2v) is 10.6. The van der Waals surface area contributed by atoms with E-state index in [1.807, 2.05) is 23.1 Å². The van der Waals surface area contributed by atoms with E-state index in [0.29, 0.717) is 31.1 Å². The maximum atomic E-state index is 13.0. The zero-order chi connectivity index (χ0) is 21.8. The van der Waals surface area contributed by atoms with Gasteiger partial charge >= 0.3 is 0 Å². The van der Waals surface area contributed by atoms with Crippen molar-refractivity contribution >= 4 is 27.5 Å². The Morgan fingerprint density at radius 2 is 1.58 bits per heavy atom. The summed E-state index contributed by atoms with van der Waals surface area (Å²) in [6.07, 6.45) is 1.67. The van der Waals surface area contributed by atoms with E-state index in [0.717, 1.165) is 37.5 Å². The van der Waals surface area contributed by atoms with Crippen molar-refractivity contribution in [3.63, 3.8) is 0 Å². The molecule has 0 aromatic heterocycles. The predicted molar refractivity (Wildman–Crippen MR) is 121 cm³/mol. The molecule has 0 saturated carbocycles. The number of amides is 1. The Bertz CT molecular complexity index is 1000. The highest BCUT2D eigenvalue weighted by Gasteiger charge is 2.33. The summed E-state index contributed by atoms with van der Waals surface area (Å²) in [5, 5.41) is 0.746. The molecule has 0 radical (unpaired) electrons. The number of nitrogens with zero attached hydrogens (tertiary/aromatic N) is 3. The first kappa shape index (κ1) is 22.3. The molecular formula is C23H28ClN3O3S. The average molecular weight is 462 g/mol. The summed E-state index contributed by atoms with van der Waals surface area (Å²) in [4.78, 5) is 17.5. The lowest BCUT2D eigenvalue weighted by Crippen LogP contribution is -2.52. The maximum absolute atomic E-state index is 13.0. The average Bonchev–Trinajstić information content (AvgIpc) is 2.80. The first-order valence-electron chi connectivity index (χ1n) is 10.7. The Morgan fingerprint density at radius 1 is 0.903 bits per heavy atom. The van der Waals surface area contributed by atoms with Crippen LogP contribution in [0.1, 0.15) is 18.4 Å². The number of carbonyl (C=O) groups excluding carboxylic acids is 1. The van der Waals surface area contributed by atoms with Gasteiger partial charge in [-0.25, -0.2) is 8.42 Å². The normalized spacial score (nSPS) is 19.5. The van der Waals surface area contributed by atoms with Crippen LogP contribution in [0.5, 0.6) is 0 Å². The minimum absolute atomic E-state index is 0.0212. The van der Waals surface area contributed by atoms with Crippen molar-refractivity contribution in [1.29, 1.82) is 0 Å². The molecule has 4 rings (SSSR count). The van der Waals surface area contributed by atoms with Crippen LogP contribution in [0.25, 0.3) is 0 Å². The van der Waals surface area contributed by atoms with Crippen LogP contribution in [0.2, 0.25) is 5.02 Å². The fraction of sp³-hybridized carbons (Fsp3) is 0.435. The summed E-state index contributed by atoms with van der Waals surface area (Å²) in [7, 11) is -3.50. The van der Waals surface area contributed by atoms with Gasteiger partial charge in [0, 0.05) is 43.7 Å². The van der Waals surface area contributed by atoms with Crippen molar-refractivity contribution in [2.45, 2.75) is 24.3 Å². The number of hydrogen-bond donors (Lipinski definition) is 0. The molecule has 0 bridgehead atoms. The van der Waals surface area contributed by atoms with Gasteiger partial charge in [0.25, 0.3) is 0 Å². The molecule has 31 heavy (non-hydrogen) atoms. The van der Waals surface area contributed by atoms with E-state index in [1.165, 1.54) is 9.87 Å². The van der Waals surface area contributed by atoms with Gasteiger partial charge in [-0.3, -0.25) is 9.69 Å². The van der Waals surface area contributed by atoms with E-state index in [-0.39, 0.29) is 11.8 Å². The molecule has 2 heterocycles. The Morgan fingerprint density at radius 3 is 2.23 bits per heavy atom. The van der Waals surface area contributed by atoms with Crippen LogP contribution in [0.15, 0.2) is 59.5 Å². The fourth-order valence-corrected chi connectivity index (χ4v) is 6.04. The van der Waals surface area contributed by atoms with Crippen molar-refractivity contribution in [3.8, 4) is 0 Å². The molecule has 6 nitrogen and oxygen atoms in total. The van der Waals surface area contributed by atoms with Crippen molar-refractivity contribution in [3.05, 3.63) is 65.2 Å². The number of piperazine rings is 1. The maximum Gasteiger partial charge on any atom is 0.243 e. The second kappa shape index (κ2) is 9.69. The van der Waals surface area contributed by atoms with Gasteiger partial charge in [-0.05, 0) is 55.8 Å². The first-order chi connectivity index (χ1) is 14.9. The highest BCUT2D eigenvalue weighted by atomic mass is 35.5. The van der Waals surface area contributed by atoms with Crippen LogP contribution in [0.4, 0.5) is 0 Å². The lowest BCUT2D eigenvalue weighted by Gasteiger charge is -2.38. The van der Waals surface area contributed by atoms with Gasteiger partial charge in [0.2, 0.25) is 15.9 Å². The number of carbonyl (C=O) groups is 1. The third kappa shape index (κ3) is 5.29. The van der Waals surface area contributed by atoms with Crippen LogP contribution in [-0.2, 0) is 21.4 Å². The van der Waals surface area contributed by atoms with E-state index >= 15 is 0 Å². The van der Waals surface area contributed by atoms with Crippen molar-refractivity contribution in [1.82, 2.24) is 14.1 Å². The van der Waals surface area contributed by atoms with Gasteiger partial charge in [-0.15, -0.1) is 0 Å². The Hall–Kier alpha value is -1.93. The summed E-state index contributed by atoms with van der Waals surface area (Å²) in [5.41, 5.74) is 1.19. The summed E-state index contributed by atoms with van der Waals surface area (Å²) >= 11 is 6.08. The van der Waals surface area contributed by atoms with E-state index < -0.39 is 10.0 Å².